The second-order valence-electron chi connectivity index (χ2n) is 3.24. The van der Waals surface area contributed by atoms with Crippen molar-refractivity contribution in [3.05, 3.63) is 26.7 Å². The number of hydrogen-bond acceptors (Lipinski definition) is 3. The van der Waals surface area contributed by atoms with Crippen LogP contribution in [0, 0.1) is 6.92 Å². The molecule has 0 amide bonds. The Morgan fingerprint density at radius 2 is 1.81 bits per heavy atom. The molecule has 84 valence electrons. The zero-order valence-corrected chi connectivity index (χ0v) is 11.6. The van der Waals surface area contributed by atoms with Gasteiger partial charge in [-0.15, -0.1) is 0 Å². The van der Waals surface area contributed by atoms with Crippen molar-refractivity contribution in [2.75, 3.05) is 0 Å². The molecule has 0 aliphatic rings. The topological polar surface area (TPSA) is 43.6 Å². The Morgan fingerprint density at radius 3 is 2.25 bits per heavy atom. The summed E-state index contributed by atoms with van der Waals surface area (Å²) in [5.41, 5.74) is 1.65. The van der Waals surface area contributed by atoms with Gasteiger partial charge in [0.2, 0.25) is 0 Å². The van der Waals surface area contributed by atoms with Crippen molar-refractivity contribution in [3.63, 3.8) is 0 Å². The second kappa shape index (κ2) is 4.31. The van der Waals surface area contributed by atoms with Gasteiger partial charge in [0.05, 0.1) is 15.7 Å². The first-order valence-electron chi connectivity index (χ1n) is 4.38. The molecule has 0 N–H and O–H groups in total. The lowest BCUT2D eigenvalue weighted by molar-refractivity contribution is 0.756. The zero-order valence-electron chi connectivity index (χ0n) is 8.50. The molecule has 0 radical (unpaired) electrons. The molecule has 16 heavy (non-hydrogen) atoms. The molecule has 0 aliphatic heterocycles. The highest BCUT2D eigenvalue weighted by atomic mass is 79.9. The molecule has 2 heterocycles. The van der Waals surface area contributed by atoms with Crippen LogP contribution in [0.3, 0.4) is 0 Å². The molecule has 4 nitrogen and oxygen atoms in total. The van der Waals surface area contributed by atoms with Crippen LogP contribution in [0.15, 0.2) is 10.7 Å². The van der Waals surface area contributed by atoms with E-state index in [2.05, 4.69) is 31.0 Å². The van der Waals surface area contributed by atoms with Gasteiger partial charge in [0.25, 0.3) is 0 Å². The van der Waals surface area contributed by atoms with Gasteiger partial charge in [0, 0.05) is 13.2 Å². The third-order valence-corrected chi connectivity index (χ3v) is 3.78. The van der Waals surface area contributed by atoms with Crippen molar-refractivity contribution in [2.24, 2.45) is 7.05 Å². The average Bonchev–Trinajstić information content (AvgIpc) is 2.53. The number of rotatable bonds is 1. The van der Waals surface area contributed by atoms with Crippen molar-refractivity contribution in [1.82, 2.24) is 19.7 Å². The lowest BCUT2D eigenvalue weighted by Crippen LogP contribution is -1.92. The third-order valence-electron chi connectivity index (χ3n) is 2.02. The van der Waals surface area contributed by atoms with E-state index in [4.69, 9.17) is 23.2 Å². The Morgan fingerprint density at radius 1 is 1.25 bits per heavy atom. The number of aromatic nitrogens is 4. The summed E-state index contributed by atoms with van der Waals surface area (Å²) in [4.78, 5) is 8.30. The molecule has 0 spiro atoms. The summed E-state index contributed by atoms with van der Waals surface area (Å²) >= 11 is 15.0. The highest BCUT2D eigenvalue weighted by Gasteiger charge is 2.14. The van der Waals surface area contributed by atoms with Crippen LogP contribution in [0.5, 0.6) is 0 Å². The van der Waals surface area contributed by atoms with Crippen LogP contribution in [-0.4, -0.2) is 19.7 Å². The first kappa shape index (κ1) is 11.8. The van der Waals surface area contributed by atoms with Gasteiger partial charge in [0.1, 0.15) is 10.3 Å². The molecule has 7 heteroatoms. The third kappa shape index (κ3) is 2.07. The minimum atomic E-state index is 0.290. The SMILES string of the molecule is Cc1nn(C)cc1-c1nc(Cl)c(Br)c(Cl)n1. The summed E-state index contributed by atoms with van der Waals surface area (Å²) in [6, 6.07) is 0. The highest BCUT2D eigenvalue weighted by molar-refractivity contribution is 9.10. The first-order chi connectivity index (χ1) is 7.49. The fraction of sp³-hybridized carbons (Fsp3) is 0.222. The number of hydrogen-bond donors (Lipinski definition) is 0. The molecule has 0 fully saturated rings. The summed E-state index contributed by atoms with van der Waals surface area (Å²) in [6.45, 7) is 1.88. The monoisotopic (exact) mass is 320 g/mol. The summed E-state index contributed by atoms with van der Waals surface area (Å²) in [5, 5.41) is 4.79. The standard InChI is InChI=1S/C9H7BrCl2N4/c1-4-5(3-16(2)15-4)9-13-7(11)6(10)8(12)14-9/h3H,1-2H3. The van der Waals surface area contributed by atoms with Crippen LogP contribution in [0.4, 0.5) is 0 Å². The molecule has 0 aromatic carbocycles. The molecule has 0 saturated carbocycles. The van der Waals surface area contributed by atoms with Crippen LogP contribution in [0.1, 0.15) is 5.69 Å². The molecule has 0 atom stereocenters. The van der Waals surface area contributed by atoms with Crippen LogP contribution < -0.4 is 0 Å². The normalized spacial score (nSPS) is 10.8. The van der Waals surface area contributed by atoms with Gasteiger partial charge >= 0.3 is 0 Å². The molecular weight excluding hydrogens is 315 g/mol. The van der Waals surface area contributed by atoms with Gasteiger partial charge in [-0.25, -0.2) is 9.97 Å². The predicted octanol–water partition coefficient (Wildman–Crippen LogP) is 3.25. The summed E-state index contributed by atoms with van der Waals surface area (Å²) in [6.07, 6.45) is 1.82. The minimum absolute atomic E-state index is 0.290. The Hall–Kier alpha value is -0.650. The van der Waals surface area contributed by atoms with Crippen molar-refractivity contribution < 1.29 is 0 Å². The van der Waals surface area contributed by atoms with E-state index in [1.54, 1.807) is 4.68 Å². The van der Waals surface area contributed by atoms with E-state index in [0.717, 1.165) is 11.3 Å². The number of aryl methyl sites for hydroxylation is 2. The molecule has 0 bridgehead atoms. The highest BCUT2D eigenvalue weighted by Crippen LogP contribution is 2.30. The Balaban J connectivity index is 2.61. The van der Waals surface area contributed by atoms with E-state index in [1.165, 1.54) is 0 Å². The Kier molecular flexibility index (Phi) is 3.19. The summed E-state index contributed by atoms with van der Waals surface area (Å²) in [7, 11) is 1.83. The summed E-state index contributed by atoms with van der Waals surface area (Å²) in [5.74, 6) is 0.476. The average molecular weight is 322 g/mol. The first-order valence-corrected chi connectivity index (χ1v) is 5.93. The van der Waals surface area contributed by atoms with Crippen LogP contribution in [-0.2, 0) is 7.05 Å². The lowest BCUT2D eigenvalue weighted by atomic mass is 10.2. The van der Waals surface area contributed by atoms with Crippen molar-refractivity contribution in [1.29, 1.82) is 0 Å². The molecule has 2 rings (SSSR count). The maximum absolute atomic E-state index is 5.92. The van der Waals surface area contributed by atoms with Crippen molar-refractivity contribution in [2.45, 2.75) is 6.92 Å². The molecule has 0 unspecified atom stereocenters. The summed E-state index contributed by atoms with van der Waals surface area (Å²) < 4.78 is 2.19. The van der Waals surface area contributed by atoms with Crippen molar-refractivity contribution >= 4 is 39.1 Å². The van der Waals surface area contributed by atoms with E-state index >= 15 is 0 Å². The van der Waals surface area contributed by atoms with E-state index in [-0.39, 0.29) is 0 Å². The van der Waals surface area contributed by atoms with Crippen molar-refractivity contribution in [3.8, 4) is 11.4 Å². The number of halogens is 3. The van der Waals surface area contributed by atoms with Gasteiger partial charge in [-0.2, -0.15) is 5.10 Å². The van der Waals surface area contributed by atoms with Crippen LogP contribution in [0.2, 0.25) is 10.3 Å². The maximum atomic E-state index is 5.92. The molecular formula is C9H7BrCl2N4. The number of nitrogens with zero attached hydrogens (tertiary/aromatic N) is 4. The van der Waals surface area contributed by atoms with E-state index < -0.39 is 0 Å². The van der Waals surface area contributed by atoms with E-state index in [1.807, 2.05) is 20.2 Å². The zero-order chi connectivity index (χ0) is 11.9. The smallest absolute Gasteiger partial charge is 0.166 e. The Labute approximate surface area is 111 Å². The Bertz CT molecular complexity index is 529. The molecule has 0 aliphatic carbocycles. The van der Waals surface area contributed by atoms with E-state index in [0.29, 0.717) is 20.6 Å². The van der Waals surface area contributed by atoms with Gasteiger partial charge < -0.3 is 0 Å². The van der Waals surface area contributed by atoms with Gasteiger partial charge in [-0.3, -0.25) is 4.68 Å². The fourth-order valence-electron chi connectivity index (χ4n) is 1.33. The fourth-order valence-corrected chi connectivity index (χ4v) is 1.90. The minimum Gasteiger partial charge on any atom is -0.275 e. The molecule has 0 saturated heterocycles. The maximum Gasteiger partial charge on any atom is 0.166 e. The van der Waals surface area contributed by atoms with Gasteiger partial charge in [-0.05, 0) is 22.9 Å². The van der Waals surface area contributed by atoms with E-state index in [9.17, 15) is 0 Å². The molecule has 2 aromatic heterocycles. The molecule has 2 aromatic rings. The quantitative estimate of drug-likeness (QED) is 0.757. The lowest BCUT2D eigenvalue weighted by Gasteiger charge is -2.02. The largest absolute Gasteiger partial charge is 0.275 e. The van der Waals surface area contributed by atoms with Crippen LogP contribution >= 0.6 is 39.1 Å². The predicted molar refractivity (Wildman–Crippen MR) is 66.7 cm³/mol. The van der Waals surface area contributed by atoms with Gasteiger partial charge in [-0.1, -0.05) is 23.2 Å². The second-order valence-corrected chi connectivity index (χ2v) is 4.75. The van der Waals surface area contributed by atoms with Crippen LogP contribution in [0.25, 0.3) is 11.4 Å². The van der Waals surface area contributed by atoms with Gasteiger partial charge in [0.15, 0.2) is 5.82 Å².